The van der Waals surface area contributed by atoms with Crippen LogP contribution in [0.3, 0.4) is 0 Å². The van der Waals surface area contributed by atoms with Gasteiger partial charge in [0.2, 0.25) is 0 Å². The van der Waals surface area contributed by atoms with Crippen molar-refractivity contribution in [3.63, 3.8) is 0 Å². The lowest BCUT2D eigenvalue weighted by molar-refractivity contribution is 0.299. The standard InChI is InChI=1S/C14H30N2/c1-4-14(2,3)11-16-10-12-8-6-5-7-9-13(12)15/h12-13,16H,4-11,15H2,1-3H3. The van der Waals surface area contributed by atoms with Crippen LogP contribution < -0.4 is 11.1 Å². The second kappa shape index (κ2) is 6.61. The summed E-state index contributed by atoms with van der Waals surface area (Å²) in [6, 6.07) is 0.430. The minimum atomic E-state index is 0.425. The van der Waals surface area contributed by atoms with Gasteiger partial charge in [0.25, 0.3) is 0 Å². The van der Waals surface area contributed by atoms with Gasteiger partial charge in [0, 0.05) is 12.6 Å². The van der Waals surface area contributed by atoms with Crippen LogP contribution >= 0.6 is 0 Å². The van der Waals surface area contributed by atoms with E-state index in [1.807, 2.05) is 0 Å². The van der Waals surface area contributed by atoms with E-state index in [2.05, 4.69) is 26.1 Å². The molecule has 1 aliphatic rings. The van der Waals surface area contributed by atoms with E-state index in [1.165, 1.54) is 38.5 Å². The van der Waals surface area contributed by atoms with E-state index in [0.29, 0.717) is 17.4 Å². The second-order valence-electron chi connectivity index (χ2n) is 6.21. The SMILES string of the molecule is CCC(C)(C)CNCC1CCCCCC1N. The van der Waals surface area contributed by atoms with Crippen molar-refractivity contribution in [1.82, 2.24) is 5.32 Å². The Bertz CT molecular complexity index is 189. The zero-order chi connectivity index (χ0) is 12.0. The third-order valence-corrected chi connectivity index (χ3v) is 4.19. The van der Waals surface area contributed by atoms with Crippen LogP contribution in [0.5, 0.6) is 0 Å². The topological polar surface area (TPSA) is 38.0 Å². The van der Waals surface area contributed by atoms with Crippen molar-refractivity contribution < 1.29 is 0 Å². The molecule has 0 aromatic carbocycles. The molecule has 0 amide bonds. The van der Waals surface area contributed by atoms with E-state index in [-0.39, 0.29) is 0 Å². The molecule has 0 heterocycles. The molecule has 1 fully saturated rings. The summed E-state index contributed by atoms with van der Waals surface area (Å²) in [4.78, 5) is 0. The third kappa shape index (κ3) is 4.84. The maximum absolute atomic E-state index is 6.22. The fourth-order valence-electron chi connectivity index (χ4n) is 2.39. The van der Waals surface area contributed by atoms with Crippen LogP contribution in [0.1, 0.15) is 59.3 Å². The van der Waals surface area contributed by atoms with Gasteiger partial charge in [-0.25, -0.2) is 0 Å². The van der Waals surface area contributed by atoms with Crippen LogP contribution in [0.15, 0.2) is 0 Å². The number of hydrogen-bond acceptors (Lipinski definition) is 2. The van der Waals surface area contributed by atoms with Gasteiger partial charge in [0.15, 0.2) is 0 Å². The Kier molecular flexibility index (Phi) is 5.77. The molecule has 0 radical (unpaired) electrons. The fourth-order valence-corrected chi connectivity index (χ4v) is 2.39. The molecule has 0 spiro atoms. The molecule has 2 heteroatoms. The molecule has 2 nitrogen and oxygen atoms in total. The number of nitrogens with one attached hydrogen (secondary N) is 1. The average molecular weight is 226 g/mol. The Morgan fingerprint density at radius 3 is 2.56 bits per heavy atom. The van der Waals surface area contributed by atoms with Crippen molar-refractivity contribution in [1.29, 1.82) is 0 Å². The van der Waals surface area contributed by atoms with Crippen LogP contribution in [0, 0.1) is 11.3 Å². The van der Waals surface area contributed by atoms with Gasteiger partial charge in [-0.15, -0.1) is 0 Å². The molecule has 0 aromatic heterocycles. The molecule has 0 aliphatic heterocycles. The van der Waals surface area contributed by atoms with Gasteiger partial charge in [0.1, 0.15) is 0 Å². The third-order valence-electron chi connectivity index (χ3n) is 4.19. The van der Waals surface area contributed by atoms with Gasteiger partial charge in [-0.2, -0.15) is 0 Å². The van der Waals surface area contributed by atoms with E-state index >= 15 is 0 Å². The van der Waals surface area contributed by atoms with Crippen molar-refractivity contribution in [2.75, 3.05) is 13.1 Å². The molecule has 0 aromatic rings. The number of rotatable bonds is 5. The molecular formula is C14H30N2. The fraction of sp³-hybridized carbons (Fsp3) is 1.00. The highest BCUT2D eigenvalue weighted by Gasteiger charge is 2.21. The lowest BCUT2D eigenvalue weighted by atomic mass is 9.89. The molecule has 16 heavy (non-hydrogen) atoms. The van der Waals surface area contributed by atoms with Gasteiger partial charge in [0.05, 0.1) is 0 Å². The first-order valence-electron chi connectivity index (χ1n) is 7.01. The molecule has 0 bridgehead atoms. The zero-order valence-electron chi connectivity index (χ0n) is 11.4. The molecule has 2 unspecified atom stereocenters. The first-order chi connectivity index (χ1) is 7.55. The molecular weight excluding hydrogens is 196 g/mol. The molecule has 3 N–H and O–H groups in total. The molecule has 96 valence electrons. The highest BCUT2D eigenvalue weighted by Crippen LogP contribution is 2.22. The minimum absolute atomic E-state index is 0.425. The summed E-state index contributed by atoms with van der Waals surface area (Å²) in [6.07, 6.45) is 7.86. The van der Waals surface area contributed by atoms with Crippen LogP contribution in [-0.2, 0) is 0 Å². The first kappa shape index (κ1) is 14.0. The van der Waals surface area contributed by atoms with E-state index in [4.69, 9.17) is 5.73 Å². The molecule has 2 atom stereocenters. The monoisotopic (exact) mass is 226 g/mol. The summed E-state index contributed by atoms with van der Waals surface area (Å²) in [5, 5.41) is 3.62. The predicted octanol–water partition coefficient (Wildman–Crippen LogP) is 2.92. The smallest absolute Gasteiger partial charge is 0.00792 e. The van der Waals surface area contributed by atoms with E-state index in [0.717, 1.165) is 13.1 Å². The van der Waals surface area contributed by atoms with Crippen molar-refractivity contribution in [2.24, 2.45) is 17.1 Å². The molecule has 0 saturated heterocycles. The van der Waals surface area contributed by atoms with Crippen molar-refractivity contribution in [2.45, 2.75) is 65.3 Å². The van der Waals surface area contributed by atoms with Crippen molar-refractivity contribution in [3.8, 4) is 0 Å². The quantitative estimate of drug-likeness (QED) is 0.707. The van der Waals surface area contributed by atoms with Gasteiger partial charge in [-0.05, 0) is 37.1 Å². The molecule has 1 rings (SSSR count). The summed E-state index contributed by atoms with van der Waals surface area (Å²) >= 11 is 0. The van der Waals surface area contributed by atoms with Crippen LogP contribution in [0.4, 0.5) is 0 Å². The maximum atomic E-state index is 6.22. The van der Waals surface area contributed by atoms with Gasteiger partial charge >= 0.3 is 0 Å². The summed E-state index contributed by atoms with van der Waals surface area (Å²) in [5.41, 5.74) is 6.65. The highest BCUT2D eigenvalue weighted by molar-refractivity contribution is 4.79. The maximum Gasteiger partial charge on any atom is 0.00792 e. The second-order valence-corrected chi connectivity index (χ2v) is 6.21. The largest absolute Gasteiger partial charge is 0.327 e. The lowest BCUT2D eigenvalue weighted by Gasteiger charge is -2.27. The van der Waals surface area contributed by atoms with Crippen LogP contribution in [-0.4, -0.2) is 19.1 Å². The Hall–Kier alpha value is -0.0800. The van der Waals surface area contributed by atoms with Gasteiger partial charge in [-0.1, -0.05) is 40.0 Å². The van der Waals surface area contributed by atoms with Crippen molar-refractivity contribution >= 4 is 0 Å². The summed E-state index contributed by atoms with van der Waals surface area (Å²) < 4.78 is 0. The normalized spacial score (nSPS) is 27.8. The summed E-state index contributed by atoms with van der Waals surface area (Å²) in [5.74, 6) is 0.704. The van der Waals surface area contributed by atoms with E-state index in [1.54, 1.807) is 0 Å². The summed E-state index contributed by atoms with van der Waals surface area (Å²) in [7, 11) is 0. The van der Waals surface area contributed by atoms with E-state index in [9.17, 15) is 0 Å². The average Bonchev–Trinajstić information content (AvgIpc) is 2.44. The molecule has 1 aliphatic carbocycles. The van der Waals surface area contributed by atoms with Crippen LogP contribution in [0.2, 0.25) is 0 Å². The number of nitrogens with two attached hydrogens (primary N) is 1. The van der Waals surface area contributed by atoms with Crippen molar-refractivity contribution in [3.05, 3.63) is 0 Å². The Morgan fingerprint density at radius 1 is 1.19 bits per heavy atom. The first-order valence-corrected chi connectivity index (χ1v) is 7.01. The van der Waals surface area contributed by atoms with E-state index < -0.39 is 0 Å². The highest BCUT2D eigenvalue weighted by atomic mass is 14.9. The predicted molar refractivity (Wildman–Crippen MR) is 71.5 cm³/mol. The van der Waals surface area contributed by atoms with Gasteiger partial charge in [-0.3, -0.25) is 0 Å². The summed E-state index contributed by atoms with van der Waals surface area (Å²) in [6.45, 7) is 9.15. The van der Waals surface area contributed by atoms with Crippen LogP contribution in [0.25, 0.3) is 0 Å². The Morgan fingerprint density at radius 2 is 1.88 bits per heavy atom. The van der Waals surface area contributed by atoms with Gasteiger partial charge < -0.3 is 11.1 Å². The Labute approximate surface area is 101 Å². The zero-order valence-corrected chi connectivity index (χ0v) is 11.4. The minimum Gasteiger partial charge on any atom is -0.327 e. The molecule has 1 saturated carbocycles. The number of hydrogen-bond donors (Lipinski definition) is 2. The lowest BCUT2D eigenvalue weighted by Crippen LogP contribution is -2.39. The Balaban J connectivity index is 2.25.